The molecule has 3 aromatic rings. The molecule has 0 spiro atoms. The maximum atomic E-state index is 13.1. The number of thioether (sulfide) groups is 1. The molecule has 0 aliphatic carbocycles. The van der Waals surface area contributed by atoms with Crippen molar-refractivity contribution < 1.29 is 23.9 Å². The van der Waals surface area contributed by atoms with E-state index < -0.39 is 29.6 Å². The van der Waals surface area contributed by atoms with Gasteiger partial charge in [0.25, 0.3) is 11.1 Å². The lowest BCUT2D eigenvalue weighted by molar-refractivity contribution is -0.127. The molecule has 0 saturated carbocycles. The Labute approximate surface area is 250 Å². The molecule has 208 valence electrons. The zero-order chi connectivity index (χ0) is 29.1. The lowest BCUT2D eigenvalue weighted by atomic mass is 10.2. The third-order valence-electron chi connectivity index (χ3n) is 6.00. The molecule has 1 aromatic heterocycles. The van der Waals surface area contributed by atoms with Crippen LogP contribution in [0, 0.1) is 13.8 Å². The zero-order valence-corrected chi connectivity index (χ0v) is 24.8. The second kappa shape index (κ2) is 12.5. The molecule has 8 nitrogen and oxygen atoms in total. The zero-order valence-electron chi connectivity index (χ0n) is 21.7. The van der Waals surface area contributed by atoms with Gasteiger partial charge in [0.05, 0.1) is 32.1 Å². The second-order valence-electron chi connectivity index (χ2n) is 8.91. The minimum atomic E-state index is -0.614. The predicted octanol–water partition coefficient (Wildman–Crippen LogP) is 7.30. The van der Waals surface area contributed by atoms with E-state index in [4.69, 9.17) is 39.5 Å². The molecule has 12 heteroatoms. The number of esters is 1. The number of nitrogens with zero attached hydrogens (tertiary/aromatic N) is 2. The van der Waals surface area contributed by atoms with Gasteiger partial charge in [-0.15, -0.1) is 0 Å². The first-order chi connectivity index (χ1) is 19.0. The van der Waals surface area contributed by atoms with Gasteiger partial charge in [-0.2, -0.15) is 0 Å². The molecule has 4 rings (SSSR count). The van der Waals surface area contributed by atoms with Crippen molar-refractivity contribution >= 4 is 81.4 Å². The first-order valence-corrected chi connectivity index (χ1v) is 14.1. The van der Waals surface area contributed by atoms with Crippen molar-refractivity contribution in [2.24, 2.45) is 0 Å². The molecule has 1 N–H and O–H groups in total. The SMILES string of the molecule is CCCOC(=O)c1cc(NC(=O)CN2C(=O)S/C(=C\c3cc(C)n(-c4ccc(Cl)c(Cl)c4)c3C)C2=O)ccc1Cl. The number of nitrogens with one attached hydrogen (secondary N) is 1. The molecule has 3 amide bonds. The highest BCUT2D eigenvalue weighted by atomic mass is 35.5. The number of imide groups is 1. The fourth-order valence-electron chi connectivity index (χ4n) is 4.11. The predicted molar refractivity (Wildman–Crippen MR) is 159 cm³/mol. The molecule has 1 saturated heterocycles. The minimum Gasteiger partial charge on any atom is -0.462 e. The second-order valence-corrected chi connectivity index (χ2v) is 11.1. The number of aryl methyl sites for hydroxylation is 1. The van der Waals surface area contributed by atoms with Gasteiger partial charge in [0.1, 0.15) is 6.54 Å². The molecule has 0 bridgehead atoms. The fraction of sp³-hybridized carbons (Fsp3) is 0.214. The Morgan fingerprint density at radius 2 is 1.73 bits per heavy atom. The molecule has 1 aliphatic rings. The standard InChI is InChI=1S/C28H24Cl3N3O5S/c1-4-9-39-27(37)20-12-18(5-7-21(20)29)32-25(35)14-33-26(36)24(40-28(33)38)11-17-10-15(2)34(16(17)3)19-6-8-22(30)23(31)13-19/h5-8,10-13H,4,9,14H2,1-3H3,(H,32,35)/b24-11-. The Balaban J connectivity index is 1.49. The van der Waals surface area contributed by atoms with Crippen molar-refractivity contribution in [1.82, 2.24) is 9.47 Å². The van der Waals surface area contributed by atoms with Crippen molar-refractivity contribution in [3.63, 3.8) is 0 Å². The van der Waals surface area contributed by atoms with Crippen molar-refractivity contribution in [2.75, 3.05) is 18.5 Å². The van der Waals surface area contributed by atoms with Gasteiger partial charge in [-0.25, -0.2) is 4.79 Å². The van der Waals surface area contributed by atoms with Crippen LogP contribution in [0.2, 0.25) is 15.1 Å². The third kappa shape index (κ3) is 6.39. The molecule has 2 aromatic carbocycles. The van der Waals surface area contributed by atoms with Crippen LogP contribution in [0.25, 0.3) is 11.8 Å². The summed E-state index contributed by atoms with van der Waals surface area (Å²) in [5, 5.41) is 3.06. The van der Waals surface area contributed by atoms with Gasteiger partial charge in [0.15, 0.2) is 0 Å². The fourth-order valence-corrected chi connectivity index (χ4v) is 5.43. The number of carbonyl (C=O) groups is 4. The number of amides is 3. The van der Waals surface area contributed by atoms with Crippen molar-refractivity contribution in [2.45, 2.75) is 27.2 Å². The van der Waals surface area contributed by atoms with Crippen LogP contribution in [-0.2, 0) is 14.3 Å². The van der Waals surface area contributed by atoms with Crippen LogP contribution in [0.3, 0.4) is 0 Å². The van der Waals surface area contributed by atoms with E-state index in [9.17, 15) is 19.2 Å². The summed E-state index contributed by atoms with van der Waals surface area (Å²) < 4.78 is 7.07. The molecule has 0 unspecified atom stereocenters. The Hall–Kier alpha value is -3.24. The monoisotopic (exact) mass is 619 g/mol. The van der Waals surface area contributed by atoms with Crippen molar-refractivity contribution in [3.05, 3.63) is 85.0 Å². The number of carbonyl (C=O) groups excluding carboxylic acids is 4. The molecular formula is C28H24Cl3N3O5S. The average molecular weight is 621 g/mol. The summed E-state index contributed by atoms with van der Waals surface area (Å²) >= 11 is 19.1. The Kier molecular flexibility index (Phi) is 9.30. The Bertz CT molecular complexity index is 1570. The number of hydrogen-bond donors (Lipinski definition) is 1. The van der Waals surface area contributed by atoms with E-state index >= 15 is 0 Å². The molecule has 40 heavy (non-hydrogen) atoms. The number of benzene rings is 2. The average Bonchev–Trinajstić information content (AvgIpc) is 3.33. The number of ether oxygens (including phenoxy) is 1. The van der Waals surface area contributed by atoms with Crippen LogP contribution < -0.4 is 5.32 Å². The number of hydrogen-bond acceptors (Lipinski definition) is 6. The van der Waals surface area contributed by atoms with Gasteiger partial charge < -0.3 is 14.6 Å². The van der Waals surface area contributed by atoms with Crippen molar-refractivity contribution in [3.8, 4) is 5.69 Å². The van der Waals surface area contributed by atoms with Crippen molar-refractivity contribution in [1.29, 1.82) is 0 Å². The molecule has 2 heterocycles. The number of aromatic nitrogens is 1. The van der Waals surface area contributed by atoms with E-state index in [1.54, 1.807) is 18.2 Å². The highest BCUT2D eigenvalue weighted by Crippen LogP contribution is 2.34. The van der Waals surface area contributed by atoms with Gasteiger partial charge in [-0.3, -0.25) is 19.3 Å². The summed E-state index contributed by atoms with van der Waals surface area (Å²) in [7, 11) is 0. The van der Waals surface area contributed by atoms with E-state index in [2.05, 4.69) is 5.32 Å². The summed E-state index contributed by atoms with van der Waals surface area (Å²) in [4.78, 5) is 51.7. The lowest BCUT2D eigenvalue weighted by Gasteiger charge is -2.13. The van der Waals surface area contributed by atoms with Gasteiger partial charge in [0.2, 0.25) is 5.91 Å². The highest BCUT2D eigenvalue weighted by molar-refractivity contribution is 8.18. The highest BCUT2D eigenvalue weighted by Gasteiger charge is 2.36. The maximum absolute atomic E-state index is 13.1. The van der Waals surface area contributed by atoms with Gasteiger partial charge >= 0.3 is 5.97 Å². The van der Waals surface area contributed by atoms with Crippen LogP contribution in [-0.4, -0.2) is 45.6 Å². The first kappa shape index (κ1) is 29.7. The largest absolute Gasteiger partial charge is 0.462 e. The number of halogens is 3. The van der Waals surface area contributed by atoms with Gasteiger partial charge in [0, 0.05) is 22.8 Å². The van der Waals surface area contributed by atoms with Crippen LogP contribution in [0.15, 0.2) is 47.4 Å². The molecule has 0 radical (unpaired) electrons. The smallest absolute Gasteiger partial charge is 0.339 e. The number of anilines is 1. The van der Waals surface area contributed by atoms with Gasteiger partial charge in [-0.05, 0) is 86.1 Å². The third-order valence-corrected chi connectivity index (χ3v) is 7.98. The van der Waals surface area contributed by atoms with E-state index in [1.807, 2.05) is 37.5 Å². The first-order valence-electron chi connectivity index (χ1n) is 12.2. The van der Waals surface area contributed by atoms with E-state index in [-0.39, 0.29) is 27.8 Å². The molecule has 1 aliphatic heterocycles. The Morgan fingerprint density at radius 3 is 2.42 bits per heavy atom. The van der Waals surface area contributed by atoms with Crippen LogP contribution in [0.1, 0.15) is 40.7 Å². The van der Waals surface area contributed by atoms with Gasteiger partial charge in [-0.1, -0.05) is 41.7 Å². The van der Waals surface area contributed by atoms with Crippen LogP contribution in [0.4, 0.5) is 10.5 Å². The van der Waals surface area contributed by atoms with E-state index in [1.165, 1.54) is 18.2 Å². The quantitative estimate of drug-likeness (QED) is 0.210. The summed E-state index contributed by atoms with van der Waals surface area (Å²) in [5.41, 5.74) is 3.63. The van der Waals surface area contributed by atoms with Crippen LogP contribution in [0.5, 0.6) is 0 Å². The summed E-state index contributed by atoms with van der Waals surface area (Å²) in [5.74, 6) is -1.81. The molecule has 0 atom stereocenters. The summed E-state index contributed by atoms with van der Waals surface area (Å²) in [6, 6.07) is 11.5. The summed E-state index contributed by atoms with van der Waals surface area (Å²) in [6.45, 7) is 5.40. The summed E-state index contributed by atoms with van der Waals surface area (Å²) in [6.07, 6.45) is 2.28. The van der Waals surface area contributed by atoms with Crippen LogP contribution >= 0.6 is 46.6 Å². The Morgan fingerprint density at radius 1 is 1.00 bits per heavy atom. The normalized spacial score (nSPS) is 14.2. The lowest BCUT2D eigenvalue weighted by Crippen LogP contribution is -2.36. The molecular weight excluding hydrogens is 597 g/mol. The van der Waals surface area contributed by atoms with E-state index in [0.717, 1.165) is 39.3 Å². The minimum absolute atomic E-state index is 0.0977. The molecule has 1 fully saturated rings. The maximum Gasteiger partial charge on any atom is 0.339 e. The number of rotatable bonds is 8. The topological polar surface area (TPSA) is 97.7 Å². The van der Waals surface area contributed by atoms with E-state index in [0.29, 0.717) is 16.5 Å².